The van der Waals surface area contributed by atoms with Gasteiger partial charge in [-0.05, 0) is 66.4 Å². The Balaban J connectivity index is 1.56. The van der Waals surface area contributed by atoms with Crippen molar-refractivity contribution in [3.63, 3.8) is 0 Å². The smallest absolute Gasteiger partial charge is 0.234 e. The van der Waals surface area contributed by atoms with Gasteiger partial charge < -0.3 is 10.1 Å². The van der Waals surface area contributed by atoms with Crippen LogP contribution in [0.1, 0.15) is 5.56 Å². The number of nitrogens with zero attached hydrogens (tertiary/aromatic N) is 3. The maximum atomic E-state index is 12.5. The van der Waals surface area contributed by atoms with Crippen LogP contribution in [0, 0.1) is 6.92 Å². The first-order chi connectivity index (χ1) is 15.0. The van der Waals surface area contributed by atoms with Gasteiger partial charge in [-0.15, -0.1) is 21.5 Å². The van der Waals surface area contributed by atoms with Gasteiger partial charge in [-0.3, -0.25) is 9.36 Å². The molecule has 9 heteroatoms. The summed E-state index contributed by atoms with van der Waals surface area (Å²) in [6.45, 7) is 1.98. The second-order valence-electron chi connectivity index (χ2n) is 6.62. The third kappa shape index (κ3) is 5.00. The number of aromatic nitrogens is 3. The number of methoxy groups -OCH3 is 1. The minimum absolute atomic E-state index is 0.103. The molecule has 158 valence electrons. The van der Waals surface area contributed by atoms with E-state index in [0.29, 0.717) is 5.16 Å². The van der Waals surface area contributed by atoms with E-state index >= 15 is 0 Å². The summed E-state index contributed by atoms with van der Waals surface area (Å²) in [7, 11) is 1.64. The highest BCUT2D eigenvalue weighted by atomic mass is 79.9. The molecule has 0 saturated heterocycles. The van der Waals surface area contributed by atoms with Crippen LogP contribution >= 0.6 is 39.0 Å². The summed E-state index contributed by atoms with van der Waals surface area (Å²) in [5.41, 5.74) is 2.73. The molecule has 31 heavy (non-hydrogen) atoms. The van der Waals surface area contributed by atoms with Gasteiger partial charge in [-0.1, -0.05) is 33.8 Å². The van der Waals surface area contributed by atoms with E-state index < -0.39 is 0 Å². The Bertz CT molecular complexity index is 1190. The lowest BCUT2D eigenvalue weighted by Crippen LogP contribution is -2.14. The molecule has 0 radical (unpaired) electrons. The number of hydrogen-bond donors (Lipinski definition) is 1. The molecular formula is C22H19BrN4O2S2. The largest absolute Gasteiger partial charge is 0.497 e. The Morgan fingerprint density at radius 1 is 1.19 bits per heavy atom. The quantitative estimate of drug-likeness (QED) is 0.315. The predicted molar refractivity (Wildman–Crippen MR) is 129 cm³/mol. The highest BCUT2D eigenvalue weighted by Crippen LogP contribution is 2.31. The topological polar surface area (TPSA) is 69.0 Å². The van der Waals surface area contributed by atoms with Crippen LogP contribution in [0.5, 0.6) is 5.75 Å². The van der Waals surface area contributed by atoms with Gasteiger partial charge in [0.2, 0.25) is 5.91 Å². The number of thioether (sulfide) groups is 1. The van der Waals surface area contributed by atoms with E-state index in [-0.39, 0.29) is 11.7 Å². The van der Waals surface area contributed by atoms with Gasteiger partial charge in [0.05, 0.1) is 23.4 Å². The number of anilines is 1. The molecule has 1 N–H and O–H groups in total. The summed E-state index contributed by atoms with van der Waals surface area (Å²) in [5, 5.41) is 14.3. The van der Waals surface area contributed by atoms with Gasteiger partial charge in [-0.2, -0.15) is 0 Å². The second kappa shape index (κ2) is 9.67. The van der Waals surface area contributed by atoms with Crippen molar-refractivity contribution in [1.82, 2.24) is 14.8 Å². The van der Waals surface area contributed by atoms with Gasteiger partial charge in [0, 0.05) is 10.2 Å². The van der Waals surface area contributed by atoms with Crippen molar-refractivity contribution >= 4 is 50.6 Å². The molecule has 0 atom stereocenters. The predicted octanol–water partition coefficient (Wildman–Crippen LogP) is 5.81. The fourth-order valence-electron chi connectivity index (χ4n) is 2.94. The van der Waals surface area contributed by atoms with Crippen LogP contribution in [0.25, 0.3) is 16.4 Å². The molecule has 6 nitrogen and oxygen atoms in total. The summed E-state index contributed by atoms with van der Waals surface area (Å²) in [5.74, 6) is 1.63. The highest BCUT2D eigenvalue weighted by molar-refractivity contribution is 9.10. The van der Waals surface area contributed by atoms with E-state index in [4.69, 9.17) is 4.74 Å². The van der Waals surface area contributed by atoms with Gasteiger partial charge >= 0.3 is 0 Å². The van der Waals surface area contributed by atoms with Crippen molar-refractivity contribution in [2.75, 3.05) is 18.2 Å². The Morgan fingerprint density at radius 3 is 2.68 bits per heavy atom. The van der Waals surface area contributed by atoms with E-state index in [9.17, 15) is 4.79 Å². The normalized spacial score (nSPS) is 10.8. The molecular weight excluding hydrogens is 496 g/mol. The highest BCUT2D eigenvalue weighted by Gasteiger charge is 2.18. The summed E-state index contributed by atoms with van der Waals surface area (Å²) < 4.78 is 8.24. The first-order valence-electron chi connectivity index (χ1n) is 9.37. The standard InChI is InChI=1S/C22H19BrN4O2S2/c1-14-12-15(5-10-18(14)23)24-20(28)13-31-22-26-25-21(19-4-3-11-30-19)27(22)16-6-8-17(29-2)9-7-16/h3-12H,13H2,1-2H3,(H,24,28). The zero-order valence-electron chi connectivity index (χ0n) is 16.8. The first-order valence-corrected chi connectivity index (χ1v) is 12.0. The van der Waals surface area contributed by atoms with Crippen LogP contribution in [0.4, 0.5) is 5.69 Å². The Labute approximate surface area is 196 Å². The van der Waals surface area contributed by atoms with Crippen molar-refractivity contribution < 1.29 is 9.53 Å². The Hall–Kier alpha value is -2.62. The lowest BCUT2D eigenvalue weighted by atomic mass is 10.2. The summed E-state index contributed by atoms with van der Waals surface area (Å²) in [6.07, 6.45) is 0. The van der Waals surface area contributed by atoms with E-state index in [1.165, 1.54) is 11.8 Å². The fourth-order valence-corrected chi connectivity index (χ4v) is 4.64. The van der Waals surface area contributed by atoms with E-state index in [1.807, 2.05) is 71.5 Å². The number of rotatable bonds is 7. The molecule has 2 aromatic carbocycles. The fraction of sp³-hybridized carbons (Fsp3) is 0.136. The number of halogens is 1. The van der Waals surface area contributed by atoms with E-state index in [2.05, 4.69) is 31.4 Å². The van der Waals surface area contributed by atoms with Crippen LogP contribution in [-0.4, -0.2) is 33.5 Å². The first kappa shape index (κ1) is 21.6. The van der Waals surface area contributed by atoms with Gasteiger partial charge in [0.25, 0.3) is 0 Å². The zero-order valence-corrected chi connectivity index (χ0v) is 20.1. The zero-order chi connectivity index (χ0) is 21.8. The molecule has 1 amide bonds. The molecule has 4 aromatic rings. The number of aryl methyl sites for hydroxylation is 1. The average molecular weight is 515 g/mol. The molecule has 0 fully saturated rings. The third-order valence-electron chi connectivity index (χ3n) is 4.48. The maximum absolute atomic E-state index is 12.5. The molecule has 0 saturated carbocycles. The maximum Gasteiger partial charge on any atom is 0.234 e. The molecule has 4 rings (SSSR count). The molecule has 2 aromatic heterocycles. The minimum atomic E-state index is -0.103. The minimum Gasteiger partial charge on any atom is -0.497 e. The number of carbonyl (C=O) groups excluding carboxylic acids is 1. The lowest BCUT2D eigenvalue weighted by Gasteiger charge is -2.11. The molecule has 0 unspecified atom stereocenters. The Kier molecular flexibility index (Phi) is 6.74. The molecule has 0 bridgehead atoms. The monoisotopic (exact) mass is 514 g/mol. The van der Waals surface area contributed by atoms with E-state index in [1.54, 1.807) is 18.4 Å². The second-order valence-corrected chi connectivity index (χ2v) is 9.36. The van der Waals surface area contributed by atoms with Crippen molar-refractivity contribution in [3.05, 3.63) is 70.0 Å². The SMILES string of the molecule is COc1ccc(-n2c(SCC(=O)Nc3ccc(Br)c(C)c3)nnc2-c2cccs2)cc1. The van der Waals surface area contributed by atoms with Gasteiger partial charge in [-0.25, -0.2) is 0 Å². The number of carbonyl (C=O) groups is 1. The third-order valence-corrected chi connectivity index (χ3v) is 7.16. The molecule has 0 aliphatic carbocycles. The van der Waals surface area contributed by atoms with Crippen molar-refractivity contribution in [3.8, 4) is 22.1 Å². The number of ether oxygens (including phenoxy) is 1. The molecule has 2 heterocycles. The number of amides is 1. The van der Waals surface area contributed by atoms with Crippen molar-refractivity contribution in [2.24, 2.45) is 0 Å². The van der Waals surface area contributed by atoms with Crippen LogP contribution in [0.15, 0.2) is 69.6 Å². The summed E-state index contributed by atoms with van der Waals surface area (Å²) in [4.78, 5) is 13.5. The average Bonchev–Trinajstić information content (AvgIpc) is 3.44. The number of nitrogens with one attached hydrogen (secondary N) is 1. The van der Waals surface area contributed by atoms with Crippen LogP contribution in [0.2, 0.25) is 0 Å². The number of thiophene rings is 1. The van der Waals surface area contributed by atoms with E-state index in [0.717, 1.165) is 37.9 Å². The van der Waals surface area contributed by atoms with Crippen LogP contribution in [-0.2, 0) is 4.79 Å². The molecule has 0 spiro atoms. The molecule has 0 aliphatic rings. The molecule has 0 aliphatic heterocycles. The van der Waals surface area contributed by atoms with Crippen molar-refractivity contribution in [1.29, 1.82) is 0 Å². The van der Waals surface area contributed by atoms with Crippen LogP contribution < -0.4 is 10.1 Å². The van der Waals surface area contributed by atoms with Gasteiger partial charge in [0.15, 0.2) is 11.0 Å². The van der Waals surface area contributed by atoms with Crippen molar-refractivity contribution in [2.45, 2.75) is 12.1 Å². The summed E-state index contributed by atoms with van der Waals surface area (Å²) in [6, 6.07) is 17.4. The Morgan fingerprint density at radius 2 is 2.00 bits per heavy atom. The number of benzene rings is 2. The number of hydrogen-bond acceptors (Lipinski definition) is 6. The lowest BCUT2D eigenvalue weighted by molar-refractivity contribution is -0.113. The van der Waals surface area contributed by atoms with Crippen LogP contribution in [0.3, 0.4) is 0 Å². The summed E-state index contributed by atoms with van der Waals surface area (Å²) >= 11 is 6.41. The van der Waals surface area contributed by atoms with Gasteiger partial charge in [0.1, 0.15) is 5.75 Å².